The van der Waals surface area contributed by atoms with E-state index in [1.165, 1.54) is 13.2 Å². The van der Waals surface area contributed by atoms with Gasteiger partial charge in [0, 0.05) is 12.5 Å². The van der Waals surface area contributed by atoms with Crippen LogP contribution in [0.3, 0.4) is 0 Å². The van der Waals surface area contributed by atoms with Gasteiger partial charge in [-0.3, -0.25) is 4.79 Å². The number of carbonyl (C=O) groups is 1. The second-order valence-corrected chi connectivity index (χ2v) is 6.25. The Labute approximate surface area is 159 Å². The van der Waals surface area contributed by atoms with Crippen LogP contribution in [0, 0.1) is 0 Å². The Balaban J connectivity index is 1.64. The lowest BCUT2D eigenvalue weighted by Crippen LogP contribution is -2.24. The summed E-state index contributed by atoms with van der Waals surface area (Å²) in [5.74, 6) is 1.76. The maximum atomic E-state index is 12.5. The van der Waals surface area contributed by atoms with E-state index in [1.54, 1.807) is 31.4 Å². The van der Waals surface area contributed by atoms with Crippen LogP contribution in [0.25, 0.3) is 6.08 Å². The van der Waals surface area contributed by atoms with Gasteiger partial charge in [-0.1, -0.05) is 18.2 Å². The van der Waals surface area contributed by atoms with Crippen molar-refractivity contribution >= 4 is 11.9 Å². The molecule has 0 bridgehead atoms. The number of ether oxygens (including phenoxy) is 4. The smallest absolute Gasteiger partial charge is 0.199 e. The summed E-state index contributed by atoms with van der Waals surface area (Å²) in [5, 5.41) is 0. The molecule has 5 nitrogen and oxygen atoms in total. The number of allylic oxidation sites excluding steroid dienone is 1. The van der Waals surface area contributed by atoms with Crippen molar-refractivity contribution in [3.8, 4) is 17.2 Å². The molecule has 2 aromatic carbocycles. The Bertz CT molecular complexity index is 789. The first kappa shape index (κ1) is 19.0. The third kappa shape index (κ3) is 5.11. The summed E-state index contributed by atoms with van der Waals surface area (Å²) in [4.78, 5) is 12.5. The fourth-order valence-corrected chi connectivity index (χ4v) is 2.88. The van der Waals surface area contributed by atoms with Gasteiger partial charge in [-0.25, -0.2) is 0 Å². The average Bonchev–Trinajstić information content (AvgIpc) is 2.73. The van der Waals surface area contributed by atoms with Gasteiger partial charge in [0.2, 0.25) is 0 Å². The predicted molar refractivity (Wildman–Crippen MR) is 104 cm³/mol. The minimum absolute atomic E-state index is 0.134. The van der Waals surface area contributed by atoms with Crippen LogP contribution in [0.2, 0.25) is 0 Å². The van der Waals surface area contributed by atoms with Gasteiger partial charge in [0.25, 0.3) is 0 Å². The van der Waals surface area contributed by atoms with Gasteiger partial charge >= 0.3 is 0 Å². The van der Waals surface area contributed by atoms with Gasteiger partial charge < -0.3 is 18.9 Å². The van der Waals surface area contributed by atoms with Gasteiger partial charge in [0.15, 0.2) is 12.1 Å². The number of rotatable bonds is 7. The molecule has 5 heteroatoms. The topological polar surface area (TPSA) is 54.0 Å². The average molecular weight is 368 g/mol. The molecule has 0 radical (unpaired) electrons. The van der Waals surface area contributed by atoms with E-state index in [0.717, 1.165) is 37.2 Å². The SMILES string of the molecule is COc1ccc(C(=O)C=Cc2ccc(OC3CCCCO3)cc2)c(OC)c1. The first-order valence-electron chi connectivity index (χ1n) is 9.02. The standard InChI is InChI=1S/C22H24O5/c1-24-18-11-12-19(21(15-18)25-2)20(23)13-8-16-6-9-17(10-7-16)27-22-5-3-4-14-26-22/h6-13,15,22H,3-5,14H2,1-2H3. The summed E-state index contributed by atoms with van der Waals surface area (Å²) < 4.78 is 21.8. The molecule has 2 aromatic rings. The van der Waals surface area contributed by atoms with Crippen LogP contribution < -0.4 is 14.2 Å². The highest BCUT2D eigenvalue weighted by Crippen LogP contribution is 2.25. The van der Waals surface area contributed by atoms with Crippen molar-refractivity contribution in [3.63, 3.8) is 0 Å². The molecular formula is C22H24O5. The van der Waals surface area contributed by atoms with Crippen molar-refractivity contribution in [3.05, 3.63) is 59.7 Å². The second kappa shape index (κ2) is 9.24. The molecule has 0 spiro atoms. The molecule has 1 unspecified atom stereocenters. The fourth-order valence-electron chi connectivity index (χ4n) is 2.88. The molecule has 0 amide bonds. The zero-order valence-corrected chi connectivity index (χ0v) is 15.6. The molecule has 1 aliphatic heterocycles. The van der Waals surface area contributed by atoms with Crippen molar-refractivity contribution in [1.82, 2.24) is 0 Å². The van der Waals surface area contributed by atoms with E-state index in [2.05, 4.69) is 0 Å². The molecule has 1 saturated heterocycles. The Morgan fingerprint density at radius 3 is 2.48 bits per heavy atom. The van der Waals surface area contributed by atoms with Gasteiger partial charge in [-0.15, -0.1) is 0 Å². The largest absolute Gasteiger partial charge is 0.497 e. The van der Waals surface area contributed by atoms with Crippen LogP contribution in [0.4, 0.5) is 0 Å². The van der Waals surface area contributed by atoms with Crippen molar-refractivity contribution in [1.29, 1.82) is 0 Å². The number of methoxy groups -OCH3 is 2. The van der Waals surface area contributed by atoms with E-state index in [9.17, 15) is 4.79 Å². The number of carbonyl (C=O) groups excluding carboxylic acids is 1. The molecule has 0 N–H and O–H groups in total. The van der Waals surface area contributed by atoms with Gasteiger partial charge in [-0.2, -0.15) is 0 Å². The van der Waals surface area contributed by atoms with Gasteiger partial charge in [-0.05, 0) is 48.7 Å². The Morgan fingerprint density at radius 1 is 1.04 bits per heavy atom. The summed E-state index contributed by atoms with van der Waals surface area (Å²) in [5.41, 5.74) is 1.40. The van der Waals surface area contributed by atoms with E-state index in [-0.39, 0.29) is 12.1 Å². The van der Waals surface area contributed by atoms with E-state index in [4.69, 9.17) is 18.9 Å². The molecule has 1 aliphatic rings. The first-order valence-corrected chi connectivity index (χ1v) is 9.02. The zero-order valence-electron chi connectivity index (χ0n) is 15.6. The molecule has 0 aliphatic carbocycles. The van der Waals surface area contributed by atoms with E-state index < -0.39 is 0 Å². The lowest BCUT2D eigenvalue weighted by atomic mass is 10.1. The number of benzene rings is 2. The molecule has 1 atom stereocenters. The molecule has 0 saturated carbocycles. The fraction of sp³-hybridized carbons (Fsp3) is 0.318. The molecule has 1 heterocycles. The molecule has 142 valence electrons. The van der Waals surface area contributed by atoms with E-state index >= 15 is 0 Å². The van der Waals surface area contributed by atoms with Crippen LogP contribution >= 0.6 is 0 Å². The van der Waals surface area contributed by atoms with Crippen molar-refractivity contribution in [2.45, 2.75) is 25.6 Å². The minimum Gasteiger partial charge on any atom is -0.497 e. The quantitative estimate of drug-likeness (QED) is 0.532. The van der Waals surface area contributed by atoms with E-state index in [0.29, 0.717) is 17.1 Å². The van der Waals surface area contributed by atoms with Crippen molar-refractivity contribution in [2.24, 2.45) is 0 Å². The van der Waals surface area contributed by atoms with E-state index in [1.807, 2.05) is 24.3 Å². The lowest BCUT2D eigenvalue weighted by molar-refractivity contribution is -0.105. The summed E-state index contributed by atoms with van der Waals surface area (Å²) in [7, 11) is 3.11. The zero-order chi connectivity index (χ0) is 19.1. The first-order chi connectivity index (χ1) is 13.2. The lowest BCUT2D eigenvalue weighted by Gasteiger charge is -2.23. The van der Waals surface area contributed by atoms with Crippen LogP contribution in [0.15, 0.2) is 48.5 Å². The third-order valence-corrected chi connectivity index (χ3v) is 4.39. The highest BCUT2D eigenvalue weighted by molar-refractivity contribution is 6.08. The minimum atomic E-state index is -0.163. The van der Waals surface area contributed by atoms with Crippen molar-refractivity contribution in [2.75, 3.05) is 20.8 Å². The van der Waals surface area contributed by atoms with Gasteiger partial charge in [0.05, 0.1) is 26.4 Å². The molecular weight excluding hydrogens is 344 g/mol. The summed E-state index contributed by atoms with van der Waals surface area (Å²) in [6.07, 6.45) is 6.28. The van der Waals surface area contributed by atoms with Crippen LogP contribution in [-0.4, -0.2) is 32.9 Å². The molecule has 1 fully saturated rings. The number of hydrogen-bond donors (Lipinski definition) is 0. The third-order valence-electron chi connectivity index (χ3n) is 4.39. The number of hydrogen-bond acceptors (Lipinski definition) is 5. The van der Waals surface area contributed by atoms with Gasteiger partial charge in [0.1, 0.15) is 17.2 Å². The molecule has 27 heavy (non-hydrogen) atoms. The maximum Gasteiger partial charge on any atom is 0.199 e. The highest BCUT2D eigenvalue weighted by Gasteiger charge is 2.15. The monoisotopic (exact) mass is 368 g/mol. The van der Waals surface area contributed by atoms with Crippen LogP contribution in [0.5, 0.6) is 17.2 Å². The highest BCUT2D eigenvalue weighted by atomic mass is 16.7. The Kier molecular flexibility index (Phi) is 6.49. The summed E-state index contributed by atoms with van der Waals surface area (Å²) in [6.45, 7) is 0.752. The number of ketones is 1. The van der Waals surface area contributed by atoms with Crippen LogP contribution in [0.1, 0.15) is 35.2 Å². The van der Waals surface area contributed by atoms with Crippen molar-refractivity contribution < 1.29 is 23.7 Å². The Hall–Kier alpha value is -2.79. The summed E-state index contributed by atoms with van der Waals surface area (Å²) >= 11 is 0. The van der Waals surface area contributed by atoms with Crippen LogP contribution in [-0.2, 0) is 4.74 Å². The normalized spacial score (nSPS) is 16.9. The predicted octanol–water partition coefficient (Wildman–Crippen LogP) is 4.51. The Morgan fingerprint density at radius 2 is 1.81 bits per heavy atom. The molecule has 0 aromatic heterocycles. The summed E-state index contributed by atoms with van der Waals surface area (Å²) in [6, 6.07) is 12.7. The second-order valence-electron chi connectivity index (χ2n) is 6.25. The maximum absolute atomic E-state index is 12.5. The molecule has 3 rings (SSSR count).